The highest BCUT2D eigenvalue weighted by Gasteiger charge is 2.30. The molecule has 3 aromatic rings. The molecule has 0 unspecified atom stereocenters. The lowest BCUT2D eigenvalue weighted by Crippen LogP contribution is -2.24. The van der Waals surface area contributed by atoms with Gasteiger partial charge in [0.1, 0.15) is 16.6 Å². The van der Waals surface area contributed by atoms with E-state index < -0.39 is 38.5 Å². The van der Waals surface area contributed by atoms with E-state index in [9.17, 15) is 22.4 Å². The van der Waals surface area contributed by atoms with Crippen LogP contribution in [0, 0.1) is 5.82 Å². The summed E-state index contributed by atoms with van der Waals surface area (Å²) in [7, 11) is -4.32. The van der Waals surface area contributed by atoms with Gasteiger partial charge in [0.05, 0.1) is 17.7 Å². The average Bonchev–Trinajstić information content (AvgIpc) is 3.33. The summed E-state index contributed by atoms with van der Waals surface area (Å²) >= 11 is 1.26. The zero-order valence-corrected chi connectivity index (χ0v) is 19.9. The Morgan fingerprint density at radius 1 is 1.18 bits per heavy atom. The van der Waals surface area contributed by atoms with E-state index in [2.05, 4.69) is 15.5 Å². The molecule has 0 atom stereocenters. The Morgan fingerprint density at radius 3 is 2.71 bits per heavy atom. The number of hydrogen-bond acceptors (Lipinski definition) is 9. The predicted octanol–water partition coefficient (Wildman–Crippen LogP) is 3.80. The number of fused-ring (bicyclic) bond motifs is 1. The Kier molecular flexibility index (Phi) is 7.08. The number of carbonyl (C=O) groups excluding carboxylic acids is 2. The van der Waals surface area contributed by atoms with Gasteiger partial charge in [-0.1, -0.05) is 23.7 Å². The second-order valence-electron chi connectivity index (χ2n) is 7.65. The minimum absolute atomic E-state index is 0.0555. The lowest BCUT2D eigenvalue weighted by molar-refractivity contribution is -0.113. The molecule has 2 heterocycles. The maximum absolute atomic E-state index is 13.9. The molecule has 180 valence electrons. The number of thiophene rings is 1. The zero-order chi connectivity index (χ0) is 24.3. The number of rotatable bonds is 7. The summed E-state index contributed by atoms with van der Waals surface area (Å²) in [6.07, 6.45) is 4.40. The molecular formula is C22H22FN3O6S2. The van der Waals surface area contributed by atoms with E-state index >= 15 is 0 Å². The first kappa shape index (κ1) is 24.0. The molecule has 34 heavy (non-hydrogen) atoms. The predicted molar refractivity (Wildman–Crippen MR) is 122 cm³/mol. The number of aryl methyl sites for hydroxylation is 1. The third kappa shape index (κ3) is 5.02. The molecule has 0 spiro atoms. The van der Waals surface area contributed by atoms with E-state index in [0.29, 0.717) is 6.42 Å². The van der Waals surface area contributed by atoms with Crippen LogP contribution in [0.3, 0.4) is 0 Å². The number of benzene rings is 1. The zero-order valence-electron chi connectivity index (χ0n) is 18.3. The molecule has 4 rings (SSSR count). The Hall–Kier alpha value is -3.12. The van der Waals surface area contributed by atoms with Crippen molar-refractivity contribution >= 4 is 38.1 Å². The van der Waals surface area contributed by atoms with Gasteiger partial charge in [0, 0.05) is 4.88 Å². The average molecular weight is 508 g/mol. The van der Waals surface area contributed by atoms with Crippen LogP contribution < -0.4 is 5.32 Å². The Balaban J connectivity index is 1.55. The van der Waals surface area contributed by atoms with Crippen molar-refractivity contribution in [1.29, 1.82) is 0 Å². The number of nitrogens with one attached hydrogen (secondary N) is 1. The van der Waals surface area contributed by atoms with E-state index in [1.165, 1.54) is 35.6 Å². The number of esters is 1. The van der Waals surface area contributed by atoms with E-state index in [1.807, 2.05) is 0 Å². The monoisotopic (exact) mass is 507 g/mol. The van der Waals surface area contributed by atoms with E-state index in [-0.39, 0.29) is 28.6 Å². The summed E-state index contributed by atoms with van der Waals surface area (Å²) in [5.41, 5.74) is 1.08. The number of halogens is 1. The van der Waals surface area contributed by atoms with Gasteiger partial charge in [-0.15, -0.1) is 16.4 Å². The number of nitrogens with zero attached hydrogens (tertiary/aromatic N) is 2. The van der Waals surface area contributed by atoms with Crippen molar-refractivity contribution in [1.82, 2.24) is 10.2 Å². The maximum Gasteiger partial charge on any atom is 0.341 e. The summed E-state index contributed by atoms with van der Waals surface area (Å²) < 4.78 is 49.6. The normalized spacial score (nSPS) is 13.7. The van der Waals surface area contributed by atoms with Crippen molar-refractivity contribution in [2.24, 2.45) is 0 Å². The van der Waals surface area contributed by atoms with Gasteiger partial charge < -0.3 is 14.5 Å². The maximum atomic E-state index is 13.9. The number of amides is 1. The summed E-state index contributed by atoms with van der Waals surface area (Å²) in [6.45, 7) is 1.86. The first-order valence-corrected chi connectivity index (χ1v) is 13.2. The minimum atomic E-state index is -4.32. The van der Waals surface area contributed by atoms with Crippen molar-refractivity contribution in [2.75, 3.05) is 17.7 Å². The Labute approximate surface area is 199 Å². The first-order chi connectivity index (χ1) is 16.3. The smallest absolute Gasteiger partial charge is 0.341 e. The number of aromatic nitrogens is 2. The molecular weight excluding hydrogens is 485 g/mol. The van der Waals surface area contributed by atoms with E-state index in [1.54, 1.807) is 6.92 Å². The van der Waals surface area contributed by atoms with Crippen LogP contribution in [0.4, 0.5) is 9.39 Å². The molecule has 0 aliphatic heterocycles. The highest BCUT2D eigenvalue weighted by Crippen LogP contribution is 2.38. The topological polar surface area (TPSA) is 128 Å². The van der Waals surface area contributed by atoms with Gasteiger partial charge >= 0.3 is 11.2 Å². The second kappa shape index (κ2) is 10.0. The highest BCUT2D eigenvalue weighted by atomic mass is 32.2. The van der Waals surface area contributed by atoms with Gasteiger partial charge in [-0.05, 0) is 50.3 Å². The van der Waals surface area contributed by atoms with Crippen LogP contribution >= 0.6 is 11.3 Å². The summed E-state index contributed by atoms with van der Waals surface area (Å²) in [6, 6.07) is 5.54. The van der Waals surface area contributed by atoms with Gasteiger partial charge in [0.15, 0.2) is 0 Å². The SMILES string of the molecule is CCOC(=O)c1c(NC(=O)CS(=O)(=O)c2nnc(-c3ccccc3F)o2)sc2c1CCCCC2. The van der Waals surface area contributed by atoms with Crippen LogP contribution in [0.1, 0.15) is 47.0 Å². The van der Waals surface area contributed by atoms with Crippen molar-refractivity contribution in [3.63, 3.8) is 0 Å². The summed E-state index contributed by atoms with van der Waals surface area (Å²) in [5, 5.41) is 9.08. The fraction of sp³-hybridized carbons (Fsp3) is 0.364. The lowest BCUT2D eigenvalue weighted by Gasteiger charge is -2.08. The molecule has 1 amide bonds. The number of carbonyl (C=O) groups is 2. The van der Waals surface area contributed by atoms with Crippen molar-refractivity contribution < 1.29 is 31.6 Å². The quantitative estimate of drug-likeness (QED) is 0.378. The Bertz CT molecular complexity index is 1330. The molecule has 12 heteroatoms. The van der Waals surface area contributed by atoms with Crippen molar-refractivity contribution in [2.45, 2.75) is 44.3 Å². The molecule has 0 radical (unpaired) electrons. The third-order valence-corrected chi connectivity index (χ3v) is 7.80. The summed E-state index contributed by atoms with van der Waals surface area (Å²) in [5.74, 6) is -3.38. The molecule has 0 saturated heterocycles. The Morgan fingerprint density at radius 2 is 1.94 bits per heavy atom. The van der Waals surface area contributed by atoms with Gasteiger partial charge in [-0.25, -0.2) is 17.6 Å². The van der Waals surface area contributed by atoms with Gasteiger partial charge in [0.25, 0.3) is 5.89 Å². The van der Waals surface area contributed by atoms with Gasteiger partial charge in [0.2, 0.25) is 15.7 Å². The third-order valence-electron chi connectivity index (χ3n) is 5.25. The minimum Gasteiger partial charge on any atom is -0.462 e. The molecule has 1 aliphatic rings. The molecule has 0 fully saturated rings. The molecule has 1 N–H and O–H groups in total. The highest BCUT2D eigenvalue weighted by molar-refractivity contribution is 7.91. The van der Waals surface area contributed by atoms with E-state index in [0.717, 1.165) is 36.1 Å². The molecule has 2 aromatic heterocycles. The van der Waals surface area contributed by atoms with Crippen molar-refractivity contribution in [3.05, 3.63) is 46.1 Å². The fourth-order valence-electron chi connectivity index (χ4n) is 3.73. The number of hydrogen-bond donors (Lipinski definition) is 1. The first-order valence-electron chi connectivity index (χ1n) is 10.7. The fourth-order valence-corrected chi connectivity index (χ4v) is 5.93. The standard InChI is InChI=1S/C22H22FN3O6S2/c1-2-31-21(28)18-14-9-4-3-5-11-16(14)33-20(18)24-17(27)12-34(29,30)22-26-25-19(32-22)13-8-6-7-10-15(13)23/h6-8,10H,2-5,9,11-12H2,1H3,(H,24,27). The van der Waals surface area contributed by atoms with Gasteiger partial charge in [-0.2, -0.15) is 0 Å². The van der Waals surface area contributed by atoms with Crippen LogP contribution in [0.2, 0.25) is 0 Å². The molecule has 0 saturated carbocycles. The van der Waals surface area contributed by atoms with Crippen molar-refractivity contribution in [3.8, 4) is 11.5 Å². The largest absolute Gasteiger partial charge is 0.462 e. The van der Waals surface area contributed by atoms with Crippen LogP contribution in [-0.4, -0.2) is 42.9 Å². The van der Waals surface area contributed by atoms with Gasteiger partial charge in [-0.3, -0.25) is 4.79 Å². The molecule has 0 bridgehead atoms. The van der Waals surface area contributed by atoms with Crippen LogP contribution in [-0.2, 0) is 32.2 Å². The molecule has 1 aromatic carbocycles. The molecule has 1 aliphatic carbocycles. The van der Waals surface area contributed by atoms with E-state index in [4.69, 9.17) is 9.15 Å². The van der Waals surface area contributed by atoms with Crippen LogP contribution in [0.25, 0.3) is 11.5 Å². The molecule has 9 nitrogen and oxygen atoms in total. The number of ether oxygens (including phenoxy) is 1. The number of sulfone groups is 1. The number of anilines is 1. The van der Waals surface area contributed by atoms with Crippen LogP contribution in [0.5, 0.6) is 0 Å². The summed E-state index contributed by atoms with van der Waals surface area (Å²) in [4.78, 5) is 26.3. The lowest BCUT2D eigenvalue weighted by atomic mass is 10.1. The van der Waals surface area contributed by atoms with Crippen LogP contribution in [0.15, 0.2) is 33.9 Å². The second-order valence-corrected chi connectivity index (χ2v) is 10.6.